The SMILES string of the molecule is CCS(=O)(=O)Nc1ccc(NCC2CCOCC2)cc1. The van der Waals surface area contributed by atoms with Gasteiger partial charge in [0.1, 0.15) is 0 Å². The highest BCUT2D eigenvalue weighted by atomic mass is 32.2. The van der Waals surface area contributed by atoms with Crippen LogP contribution in [0.1, 0.15) is 19.8 Å². The maximum atomic E-state index is 11.4. The van der Waals surface area contributed by atoms with Crippen LogP contribution in [0.15, 0.2) is 24.3 Å². The molecule has 0 atom stereocenters. The molecule has 2 rings (SSSR count). The molecular formula is C14H22N2O3S. The number of nitrogens with one attached hydrogen (secondary N) is 2. The summed E-state index contributed by atoms with van der Waals surface area (Å²) in [6.45, 7) is 4.25. The Bertz CT molecular complexity index is 508. The highest BCUT2D eigenvalue weighted by Gasteiger charge is 2.13. The molecule has 0 aliphatic carbocycles. The van der Waals surface area contributed by atoms with E-state index in [4.69, 9.17) is 4.74 Å². The number of hydrogen-bond donors (Lipinski definition) is 2. The van der Waals surface area contributed by atoms with Crippen LogP contribution < -0.4 is 10.0 Å². The Labute approximate surface area is 120 Å². The minimum atomic E-state index is -3.20. The standard InChI is InChI=1S/C14H22N2O3S/c1-2-20(17,18)16-14-5-3-13(4-6-14)15-11-12-7-9-19-10-8-12/h3-6,12,15-16H,2,7-11H2,1H3. The lowest BCUT2D eigenvalue weighted by molar-refractivity contribution is 0.0699. The van der Waals surface area contributed by atoms with E-state index in [0.717, 1.165) is 38.3 Å². The lowest BCUT2D eigenvalue weighted by Crippen LogP contribution is -2.22. The summed E-state index contributed by atoms with van der Waals surface area (Å²) in [5.41, 5.74) is 1.61. The molecule has 0 aromatic heterocycles. The van der Waals surface area contributed by atoms with Crippen molar-refractivity contribution in [3.8, 4) is 0 Å². The van der Waals surface area contributed by atoms with E-state index >= 15 is 0 Å². The first-order chi connectivity index (χ1) is 9.59. The molecule has 0 amide bonds. The first-order valence-electron chi connectivity index (χ1n) is 7.01. The molecule has 112 valence electrons. The molecule has 1 saturated heterocycles. The smallest absolute Gasteiger partial charge is 0.232 e. The van der Waals surface area contributed by atoms with Crippen LogP contribution in [-0.4, -0.2) is 33.9 Å². The third-order valence-corrected chi connectivity index (χ3v) is 4.78. The van der Waals surface area contributed by atoms with Crippen molar-refractivity contribution in [2.75, 3.05) is 35.6 Å². The van der Waals surface area contributed by atoms with Crippen LogP contribution in [-0.2, 0) is 14.8 Å². The van der Waals surface area contributed by atoms with Gasteiger partial charge in [0.05, 0.1) is 5.75 Å². The number of ether oxygens (including phenoxy) is 1. The zero-order chi connectivity index (χ0) is 14.4. The monoisotopic (exact) mass is 298 g/mol. The second-order valence-corrected chi connectivity index (χ2v) is 7.03. The minimum Gasteiger partial charge on any atom is -0.385 e. The number of benzene rings is 1. The van der Waals surface area contributed by atoms with E-state index in [-0.39, 0.29) is 5.75 Å². The molecule has 1 aliphatic heterocycles. The van der Waals surface area contributed by atoms with Gasteiger partial charge in [-0.25, -0.2) is 8.42 Å². The van der Waals surface area contributed by atoms with Crippen molar-refractivity contribution < 1.29 is 13.2 Å². The molecule has 0 unspecified atom stereocenters. The average molecular weight is 298 g/mol. The van der Waals surface area contributed by atoms with Gasteiger partial charge in [-0.05, 0) is 49.9 Å². The predicted molar refractivity (Wildman–Crippen MR) is 81.6 cm³/mol. The highest BCUT2D eigenvalue weighted by molar-refractivity contribution is 7.92. The molecule has 1 fully saturated rings. The highest BCUT2D eigenvalue weighted by Crippen LogP contribution is 2.18. The summed E-state index contributed by atoms with van der Waals surface area (Å²) in [7, 11) is -3.20. The van der Waals surface area contributed by atoms with Gasteiger partial charge in [-0.1, -0.05) is 0 Å². The molecule has 20 heavy (non-hydrogen) atoms. The first kappa shape index (κ1) is 15.1. The van der Waals surface area contributed by atoms with E-state index in [1.165, 1.54) is 0 Å². The molecule has 0 radical (unpaired) electrons. The Morgan fingerprint density at radius 1 is 1.15 bits per heavy atom. The third-order valence-electron chi connectivity index (χ3n) is 3.47. The summed E-state index contributed by atoms with van der Waals surface area (Å²) in [5, 5.41) is 3.39. The van der Waals surface area contributed by atoms with Gasteiger partial charge in [-0.2, -0.15) is 0 Å². The normalized spacial score (nSPS) is 16.9. The van der Waals surface area contributed by atoms with Crippen LogP contribution in [0.25, 0.3) is 0 Å². The van der Waals surface area contributed by atoms with Crippen molar-refractivity contribution in [2.24, 2.45) is 5.92 Å². The molecular weight excluding hydrogens is 276 g/mol. The molecule has 0 bridgehead atoms. The van der Waals surface area contributed by atoms with Crippen molar-refractivity contribution in [3.63, 3.8) is 0 Å². The van der Waals surface area contributed by atoms with Crippen molar-refractivity contribution in [1.29, 1.82) is 0 Å². The topological polar surface area (TPSA) is 67.4 Å². The second kappa shape index (κ2) is 6.95. The van der Waals surface area contributed by atoms with Crippen LogP contribution in [0.5, 0.6) is 0 Å². The Morgan fingerprint density at radius 3 is 2.35 bits per heavy atom. The van der Waals surface area contributed by atoms with E-state index in [0.29, 0.717) is 11.6 Å². The molecule has 6 heteroatoms. The van der Waals surface area contributed by atoms with Crippen molar-refractivity contribution in [2.45, 2.75) is 19.8 Å². The molecule has 1 heterocycles. The van der Waals surface area contributed by atoms with E-state index in [1.807, 2.05) is 12.1 Å². The van der Waals surface area contributed by atoms with Crippen LogP contribution in [0.4, 0.5) is 11.4 Å². The third kappa shape index (κ3) is 4.68. The predicted octanol–water partition coefficient (Wildman–Crippen LogP) is 2.29. The quantitative estimate of drug-likeness (QED) is 0.845. The number of anilines is 2. The fraction of sp³-hybridized carbons (Fsp3) is 0.571. The average Bonchev–Trinajstić information content (AvgIpc) is 2.47. The van der Waals surface area contributed by atoms with Gasteiger partial charge in [0.25, 0.3) is 0 Å². The molecule has 0 spiro atoms. The Hall–Kier alpha value is -1.27. The van der Waals surface area contributed by atoms with Crippen LogP contribution in [0, 0.1) is 5.92 Å². The number of rotatable bonds is 6. The maximum absolute atomic E-state index is 11.4. The fourth-order valence-corrected chi connectivity index (χ4v) is 2.76. The second-order valence-electron chi connectivity index (χ2n) is 5.02. The van der Waals surface area contributed by atoms with Gasteiger partial charge in [-0.15, -0.1) is 0 Å². The summed E-state index contributed by atoms with van der Waals surface area (Å²) >= 11 is 0. The summed E-state index contributed by atoms with van der Waals surface area (Å²) < 4.78 is 30.8. The molecule has 1 aliphatic rings. The van der Waals surface area contributed by atoms with Crippen LogP contribution >= 0.6 is 0 Å². The summed E-state index contributed by atoms with van der Waals surface area (Å²) in [5.74, 6) is 0.735. The van der Waals surface area contributed by atoms with E-state index in [9.17, 15) is 8.42 Å². The summed E-state index contributed by atoms with van der Waals surface area (Å²) in [6.07, 6.45) is 2.20. The van der Waals surface area contributed by atoms with Crippen molar-refractivity contribution in [1.82, 2.24) is 0 Å². The molecule has 1 aromatic rings. The largest absolute Gasteiger partial charge is 0.385 e. The zero-order valence-corrected chi connectivity index (χ0v) is 12.6. The van der Waals surface area contributed by atoms with E-state index in [2.05, 4.69) is 10.0 Å². The van der Waals surface area contributed by atoms with Gasteiger partial charge in [0.2, 0.25) is 10.0 Å². The Balaban J connectivity index is 1.85. The van der Waals surface area contributed by atoms with Gasteiger partial charge in [0, 0.05) is 31.1 Å². The molecule has 0 saturated carbocycles. The van der Waals surface area contributed by atoms with Crippen LogP contribution in [0.2, 0.25) is 0 Å². The Kier molecular flexibility index (Phi) is 5.25. The van der Waals surface area contributed by atoms with Gasteiger partial charge in [-0.3, -0.25) is 4.72 Å². The first-order valence-corrected chi connectivity index (χ1v) is 8.66. The van der Waals surface area contributed by atoms with Crippen molar-refractivity contribution in [3.05, 3.63) is 24.3 Å². The van der Waals surface area contributed by atoms with Gasteiger partial charge < -0.3 is 10.1 Å². The fourth-order valence-electron chi connectivity index (χ4n) is 2.12. The summed E-state index contributed by atoms with van der Waals surface area (Å²) in [4.78, 5) is 0. The molecule has 1 aromatic carbocycles. The maximum Gasteiger partial charge on any atom is 0.232 e. The molecule has 2 N–H and O–H groups in total. The van der Waals surface area contributed by atoms with Crippen LogP contribution in [0.3, 0.4) is 0 Å². The Morgan fingerprint density at radius 2 is 1.75 bits per heavy atom. The lowest BCUT2D eigenvalue weighted by atomic mass is 10.0. The minimum absolute atomic E-state index is 0.0801. The van der Waals surface area contributed by atoms with E-state index < -0.39 is 10.0 Å². The van der Waals surface area contributed by atoms with Gasteiger partial charge in [0.15, 0.2) is 0 Å². The van der Waals surface area contributed by atoms with E-state index in [1.54, 1.807) is 19.1 Å². The van der Waals surface area contributed by atoms with Crippen molar-refractivity contribution >= 4 is 21.4 Å². The summed E-state index contributed by atoms with van der Waals surface area (Å²) in [6, 6.07) is 7.35. The number of sulfonamides is 1. The number of hydrogen-bond acceptors (Lipinski definition) is 4. The van der Waals surface area contributed by atoms with Gasteiger partial charge >= 0.3 is 0 Å². The zero-order valence-electron chi connectivity index (χ0n) is 11.8. The molecule has 5 nitrogen and oxygen atoms in total. The lowest BCUT2D eigenvalue weighted by Gasteiger charge is -2.22.